The summed E-state index contributed by atoms with van der Waals surface area (Å²) in [5.74, 6) is -2.23. The molecule has 2 aromatic rings. The van der Waals surface area contributed by atoms with Gasteiger partial charge in [0.15, 0.2) is 0 Å². The topological polar surface area (TPSA) is 54.0 Å². The van der Waals surface area contributed by atoms with Crippen LogP contribution in [0.15, 0.2) is 35.1 Å². The van der Waals surface area contributed by atoms with Crippen molar-refractivity contribution in [3.63, 3.8) is 0 Å². The Bertz CT molecular complexity index is 656. The van der Waals surface area contributed by atoms with Crippen LogP contribution in [-0.4, -0.2) is 17.4 Å². The molecule has 2 N–H and O–H groups in total. The van der Waals surface area contributed by atoms with Gasteiger partial charge in [-0.25, -0.2) is 8.78 Å². The van der Waals surface area contributed by atoms with Crippen molar-refractivity contribution < 1.29 is 13.6 Å². The van der Waals surface area contributed by atoms with E-state index in [1.54, 1.807) is 13.0 Å². The van der Waals surface area contributed by atoms with Crippen molar-refractivity contribution in [2.45, 2.75) is 6.92 Å². The largest absolute Gasteiger partial charge is 0.381 e. The smallest absolute Gasteiger partial charge is 0.255 e. The molecule has 0 aliphatic carbocycles. The molecule has 1 aromatic heterocycles. The Balaban J connectivity index is 2.26. The third-order valence-corrected chi connectivity index (χ3v) is 3.31. The number of nitrogens with one attached hydrogen (secondary N) is 2. The number of pyridine rings is 1. The normalized spacial score (nSPS) is 10.3. The lowest BCUT2D eigenvalue weighted by molar-refractivity contribution is 0.102. The van der Waals surface area contributed by atoms with Gasteiger partial charge in [-0.1, -0.05) is 0 Å². The molecule has 0 spiro atoms. The van der Waals surface area contributed by atoms with Gasteiger partial charge in [0.25, 0.3) is 5.91 Å². The van der Waals surface area contributed by atoms with Gasteiger partial charge in [0.1, 0.15) is 17.3 Å². The predicted molar refractivity (Wildman–Crippen MR) is 80.4 cm³/mol. The van der Waals surface area contributed by atoms with Crippen LogP contribution in [0, 0.1) is 11.6 Å². The van der Waals surface area contributed by atoms with E-state index < -0.39 is 17.5 Å². The van der Waals surface area contributed by atoms with Gasteiger partial charge in [-0.15, -0.1) is 0 Å². The molecule has 0 bridgehead atoms. The molecule has 0 aliphatic rings. The van der Waals surface area contributed by atoms with Crippen LogP contribution in [-0.2, 0) is 0 Å². The molecular formula is C14H12BrF2N3O. The number of benzene rings is 1. The van der Waals surface area contributed by atoms with Crippen molar-refractivity contribution >= 4 is 33.2 Å². The van der Waals surface area contributed by atoms with Crippen LogP contribution >= 0.6 is 15.9 Å². The summed E-state index contributed by atoms with van der Waals surface area (Å²) in [6.07, 6.45) is 3.00. The van der Waals surface area contributed by atoms with E-state index in [4.69, 9.17) is 0 Å². The minimum absolute atomic E-state index is 0.102. The van der Waals surface area contributed by atoms with Crippen molar-refractivity contribution in [1.29, 1.82) is 0 Å². The third-order valence-electron chi connectivity index (χ3n) is 2.68. The highest BCUT2D eigenvalue weighted by molar-refractivity contribution is 9.10. The van der Waals surface area contributed by atoms with Gasteiger partial charge < -0.3 is 10.6 Å². The van der Waals surface area contributed by atoms with Crippen LogP contribution in [0.4, 0.5) is 20.2 Å². The van der Waals surface area contributed by atoms with Crippen LogP contribution in [0.5, 0.6) is 0 Å². The second-order valence-electron chi connectivity index (χ2n) is 4.15. The van der Waals surface area contributed by atoms with Crippen molar-refractivity contribution in [3.05, 3.63) is 52.3 Å². The van der Waals surface area contributed by atoms with Crippen molar-refractivity contribution in [1.82, 2.24) is 4.98 Å². The van der Waals surface area contributed by atoms with Gasteiger partial charge >= 0.3 is 0 Å². The number of amides is 1. The number of rotatable bonds is 4. The lowest BCUT2D eigenvalue weighted by Crippen LogP contribution is -2.14. The van der Waals surface area contributed by atoms with Crippen LogP contribution in [0.1, 0.15) is 17.3 Å². The number of hydrogen-bond acceptors (Lipinski definition) is 3. The van der Waals surface area contributed by atoms with Gasteiger partial charge in [-0.2, -0.15) is 0 Å². The van der Waals surface area contributed by atoms with Crippen molar-refractivity contribution in [3.8, 4) is 0 Å². The van der Waals surface area contributed by atoms with E-state index in [-0.39, 0.29) is 11.3 Å². The quantitative estimate of drug-likeness (QED) is 0.876. The molecule has 0 aliphatic heterocycles. The fourth-order valence-corrected chi connectivity index (χ4v) is 2.07. The molecule has 21 heavy (non-hydrogen) atoms. The van der Waals surface area contributed by atoms with E-state index in [1.165, 1.54) is 12.4 Å². The minimum Gasteiger partial charge on any atom is -0.381 e. The van der Waals surface area contributed by atoms with Crippen LogP contribution in [0.2, 0.25) is 0 Å². The van der Waals surface area contributed by atoms with Crippen LogP contribution in [0.3, 0.4) is 0 Å². The molecule has 2 rings (SSSR count). The van der Waals surface area contributed by atoms with E-state index in [0.29, 0.717) is 16.7 Å². The molecular weight excluding hydrogens is 344 g/mol. The number of aromatic nitrogens is 1. The van der Waals surface area contributed by atoms with E-state index in [1.807, 2.05) is 0 Å². The Kier molecular flexibility index (Phi) is 4.85. The van der Waals surface area contributed by atoms with Gasteiger partial charge in [-0.05, 0) is 41.1 Å². The Morgan fingerprint density at radius 1 is 1.33 bits per heavy atom. The van der Waals surface area contributed by atoms with Gasteiger partial charge in [0, 0.05) is 24.5 Å². The summed E-state index contributed by atoms with van der Waals surface area (Å²) in [7, 11) is 0. The molecule has 0 unspecified atom stereocenters. The summed E-state index contributed by atoms with van der Waals surface area (Å²) in [5.41, 5.74) is 0.126. The van der Waals surface area contributed by atoms with Crippen molar-refractivity contribution in [2.75, 3.05) is 17.2 Å². The SMILES string of the molecule is CCNc1c(F)cc(C(=O)Nc2ccncc2Br)cc1F. The fraction of sp³-hybridized carbons (Fsp3) is 0.143. The monoisotopic (exact) mass is 355 g/mol. The standard InChI is InChI=1S/C14H12BrF2N3O/c1-2-19-13-10(16)5-8(6-11(13)17)14(21)20-12-3-4-18-7-9(12)15/h3-7,19H,2H2,1H3,(H,18,20,21). The number of hydrogen-bond donors (Lipinski definition) is 2. The van der Waals surface area contributed by atoms with E-state index >= 15 is 0 Å². The maximum atomic E-state index is 13.8. The first kappa shape index (κ1) is 15.4. The molecule has 4 nitrogen and oxygen atoms in total. The first-order chi connectivity index (χ1) is 10.0. The number of nitrogens with zero attached hydrogens (tertiary/aromatic N) is 1. The lowest BCUT2D eigenvalue weighted by atomic mass is 10.1. The summed E-state index contributed by atoms with van der Waals surface area (Å²) in [6.45, 7) is 2.10. The molecule has 0 fully saturated rings. The molecule has 0 saturated carbocycles. The number of carbonyl (C=O) groups excluding carboxylic acids is 1. The zero-order valence-electron chi connectivity index (χ0n) is 11.1. The number of anilines is 2. The maximum absolute atomic E-state index is 13.8. The fourth-order valence-electron chi connectivity index (χ4n) is 1.72. The molecule has 0 saturated heterocycles. The maximum Gasteiger partial charge on any atom is 0.255 e. The second-order valence-corrected chi connectivity index (χ2v) is 5.01. The minimum atomic E-state index is -0.809. The van der Waals surface area contributed by atoms with Gasteiger partial charge in [-0.3, -0.25) is 9.78 Å². The zero-order valence-corrected chi connectivity index (χ0v) is 12.7. The molecule has 110 valence electrons. The predicted octanol–water partition coefficient (Wildman–Crippen LogP) is 3.81. The number of halogens is 3. The molecule has 7 heteroatoms. The molecule has 1 aromatic carbocycles. The molecule has 0 radical (unpaired) electrons. The first-order valence-corrected chi connectivity index (χ1v) is 6.96. The van der Waals surface area contributed by atoms with Crippen molar-refractivity contribution in [2.24, 2.45) is 0 Å². The van der Waals surface area contributed by atoms with Gasteiger partial charge in [0.05, 0.1) is 10.2 Å². The van der Waals surface area contributed by atoms with Crippen LogP contribution < -0.4 is 10.6 Å². The average molecular weight is 356 g/mol. The Hall–Kier alpha value is -2.02. The first-order valence-electron chi connectivity index (χ1n) is 6.16. The Morgan fingerprint density at radius 3 is 2.57 bits per heavy atom. The highest BCUT2D eigenvalue weighted by Gasteiger charge is 2.15. The molecule has 0 atom stereocenters. The lowest BCUT2D eigenvalue weighted by Gasteiger charge is -2.10. The number of carbonyl (C=O) groups is 1. The van der Waals surface area contributed by atoms with Gasteiger partial charge in [0.2, 0.25) is 0 Å². The zero-order chi connectivity index (χ0) is 15.4. The van der Waals surface area contributed by atoms with E-state index in [9.17, 15) is 13.6 Å². The highest BCUT2D eigenvalue weighted by Crippen LogP contribution is 2.23. The van der Waals surface area contributed by atoms with Crippen LogP contribution in [0.25, 0.3) is 0 Å². The second kappa shape index (κ2) is 6.62. The Morgan fingerprint density at radius 2 is 2.00 bits per heavy atom. The summed E-state index contributed by atoms with van der Waals surface area (Å²) in [6, 6.07) is 3.55. The van der Waals surface area contributed by atoms with E-state index in [0.717, 1.165) is 12.1 Å². The molecule has 1 heterocycles. The van der Waals surface area contributed by atoms with E-state index in [2.05, 4.69) is 31.5 Å². The summed E-state index contributed by atoms with van der Waals surface area (Å²) < 4.78 is 28.1. The summed E-state index contributed by atoms with van der Waals surface area (Å²) >= 11 is 3.22. The summed E-state index contributed by atoms with van der Waals surface area (Å²) in [5, 5.41) is 5.12. The third kappa shape index (κ3) is 3.55. The Labute approximate surface area is 128 Å². The highest BCUT2D eigenvalue weighted by atomic mass is 79.9. The molecule has 1 amide bonds. The summed E-state index contributed by atoms with van der Waals surface area (Å²) in [4.78, 5) is 15.9. The average Bonchev–Trinajstić information content (AvgIpc) is 2.45.